The van der Waals surface area contributed by atoms with Gasteiger partial charge in [0, 0.05) is 46.6 Å². The van der Waals surface area contributed by atoms with E-state index in [4.69, 9.17) is 14.4 Å². The van der Waals surface area contributed by atoms with E-state index in [9.17, 15) is 0 Å². The molecular weight excluding hydrogens is 460 g/mol. The summed E-state index contributed by atoms with van der Waals surface area (Å²) >= 11 is 1.81. The molecule has 0 unspecified atom stereocenters. The van der Waals surface area contributed by atoms with E-state index < -0.39 is 0 Å². The Morgan fingerprint density at radius 2 is 1.31 bits per heavy atom. The number of nitrogens with zero attached hydrogens (tertiary/aromatic N) is 2. The summed E-state index contributed by atoms with van der Waals surface area (Å²) in [5.41, 5.74) is 2.86. The van der Waals surface area contributed by atoms with Gasteiger partial charge in [-0.15, -0.1) is 11.3 Å². The minimum absolute atomic E-state index is 0.865. The van der Waals surface area contributed by atoms with Crippen LogP contribution in [0.3, 0.4) is 0 Å². The highest BCUT2D eigenvalue weighted by Crippen LogP contribution is 2.39. The molecule has 3 heterocycles. The zero-order chi connectivity index (χ0) is 23.6. The summed E-state index contributed by atoms with van der Waals surface area (Å²) in [6, 6.07) is 33.8. The van der Waals surface area contributed by atoms with Crippen molar-refractivity contribution in [3.05, 3.63) is 152 Å². The van der Waals surface area contributed by atoms with Crippen molar-refractivity contribution in [2.24, 2.45) is 0 Å². The van der Waals surface area contributed by atoms with Gasteiger partial charge in [0.25, 0.3) is 0 Å². The van der Waals surface area contributed by atoms with E-state index in [0.29, 0.717) is 0 Å². The Bertz CT molecular complexity index is 2390. The second kappa shape index (κ2) is 7.48. The third-order valence-corrected chi connectivity index (χ3v) is 8.24. The Balaban J connectivity index is 1.62. The SMILES string of the molecule is c1ccc2/c(c1)=c1/cco/c1=c1\cccc\c1=c1/ncc(-c3cccc4c3sc3ccccc34)n/c1=2. The molecule has 1 aliphatic rings. The second-order valence-corrected chi connectivity index (χ2v) is 10.0. The Labute approximate surface area is 208 Å². The summed E-state index contributed by atoms with van der Waals surface area (Å²) in [5, 5.41) is 9.58. The molecule has 3 aromatic heterocycles. The summed E-state index contributed by atoms with van der Waals surface area (Å²) in [4.78, 5) is 10.4. The van der Waals surface area contributed by atoms with Crippen molar-refractivity contribution in [1.82, 2.24) is 9.97 Å². The molecular formula is C32H18N2OS. The summed E-state index contributed by atoms with van der Waals surface area (Å²) in [7, 11) is 0. The fourth-order valence-corrected chi connectivity index (χ4v) is 6.62. The molecule has 0 spiro atoms. The van der Waals surface area contributed by atoms with Crippen LogP contribution in [0.1, 0.15) is 0 Å². The van der Waals surface area contributed by atoms with Crippen molar-refractivity contribution in [3.8, 4) is 11.3 Å². The van der Waals surface area contributed by atoms with Gasteiger partial charge in [-0.1, -0.05) is 84.9 Å². The molecule has 168 valence electrons. The topological polar surface area (TPSA) is 38.9 Å². The minimum Gasteiger partial charge on any atom is -0.464 e. The van der Waals surface area contributed by atoms with E-state index in [-0.39, 0.29) is 0 Å². The number of fused-ring (bicyclic) bond motifs is 7. The first-order chi connectivity index (χ1) is 17.9. The van der Waals surface area contributed by atoms with E-state index in [2.05, 4.69) is 78.9 Å². The Morgan fingerprint density at radius 3 is 2.19 bits per heavy atom. The van der Waals surface area contributed by atoms with Crippen LogP contribution in [0.15, 0.2) is 114 Å². The van der Waals surface area contributed by atoms with Crippen molar-refractivity contribution < 1.29 is 4.42 Å². The molecule has 0 fully saturated rings. The summed E-state index contributed by atoms with van der Waals surface area (Å²) in [6.07, 6.45) is 3.69. The van der Waals surface area contributed by atoms with Crippen molar-refractivity contribution >= 4 is 31.5 Å². The van der Waals surface area contributed by atoms with Gasteiger partial charge in [0.1, 0.15) is 5.42 Å². The molecule has 36 heavy (non-hydrogen) atoms. The molecule has 0 radical (unpaired) electrons. The van der Waals surface area contributed by atoms with Crippen molar-refractivity contribution in [3.63, 3.8) is 0 Å². The molecule has 0 saturated carbocycles. The molecule has 1 aliphatic carbocycles. The highest BCUT2D eigenvalue weighted by Gasteiger charge is 2.12. The molecule has 0 saturated heterocycles. The van der Waals surface area contributed by atoms with Gasteiger partial charge in [-0.2, -0.15) is 0 Å². The van der Waals surface area contributed by atoms with E-state index in [1.165, 1.54) is 20.2 Å². The average Bonchev–Trinajstić information content (AvgIpc) is 3.57. The van der Waals surface area contributed by atoms with Crippen LogP contribution in [0.5, 0.6) is 0 Å². The fourth-order valence-electron chi connectivity index (χ4n) is 5.39. The molecule has 0 N–H and O–H groups in total. The van der Waals surface area contributed by atoms with Gasteiger partial charge in [0.05, 0.1) is 28.9 Å². The first-order valence-corrected chi connectivity index (χ1v) is 12.7. The predicted molar refractivity (Wildman–Crippen MR) is 143 cm³/mol. The van der Waals surface area contributed by atoms with Crippen LogP contribution in [-0.4, -0.2) is 9.97 Å². The standard InChI is InChI=1S/C32H18N2OS/c1-2-10-21-19(8-1)24-16-17-35-31(24)23-12-4-3-11-22(23)29-30(21)34-27(18-33-29)26-14-7-13-25-20-9-5-6-15-28(20)36-32(25)26/h1-18H/b24-19-,29-22+,30-21+,31-23+. The van der Waals surface area contributed by atoms with Gasteiger partial charge in [-0.3, -0.25) is 4.98 Å². The van der Waals surface area contributed by atoms with Crippen LogP contribution in [0.25, 0.3) is 31.4 Å². The molecule has 0 atom stereocenters. The maximum Gasteiger partial charge on any atom is 0.142 e. The first kappa shape index (κ1) is 19.7. The van der Waals surface area contributed by atoms with Gasteiger partial charge in [0.15, 0.2) is 0 Å². The lowest BCUT2D eigenvalue weighted by Gasteiger charge is -2.04. The second-order valence-electron chi connectivity index (χ2n) is 8.99. The third-order valence-electron chi connectivity index (χ3n) is 7.02. The molecule has 3 nitrogen and oxygen atoms in total. The summed E-state index contributed by atoms with van der Waals surface area (Å²) in [5.74, 6) is 0. The zero-order valence-electron chi connectivity index (χ0n) is 19.1. The van der Waals surface area contributed by atoms with Gasteiger partial charge >= 0.3 is 0 Å². The van der Waals surface area contributed by atoms with Crippen LogP contribution < -0.4 is 0 Å². The number of furan rings is 1. The zero-order valence-corrected chi connectivity index (χ0v) is 19.9. The monoisotopic (exact) mass is 478 g/mol. The third kappa shape index (κ3) is 2.73. The van der Waals surface area contributed by atoms with Crippen LogP contribution in [0.2, 0.25) is 0 Å². The number of rotatable bonds is 1. The van der Waals surface area contributed by atoms with E-state index >= 15 is 0 Å². The highest BCUT2D eigenvalue weighted by molar-refractivity contribution is 7.26. The maximum absolute atomic E-state index is 6.01. The van der Waals surface area contributed by atoms with Crippen molar-refractivity contribution in [2.45, 2.75) is 0 Å². The maximum atomic E-state index is 6.01. The lowest BCUT2D eigenvalue weighted by atomic mass is 10.1. The first-order valence-electron chi connectivity index (χ1n) is 11.9. The number of hydrogen-bond acceptors (Lipinski definition) is 4. The Morgan fingerprint density at radius 1 is 0.583 bits per heavy atom. The van der Waals surface area contributed by atoms with Gasteiger partial charge in [-0.05, 0) is 17.4 Å². The van der Waals surface area contributed by atoms with E-state index in [1.807, 2.05) is 35.7 Å². The van der Waals surface area contributed by atoms with E-state index in [1.54, 1.807) is 6.26 Å². The predicted octanol–water partition coefficient (Wildman–Crippen LogP) is 7.57. The Kier molecular flexibility index (Phi) is 4.10. The number of aromatic nitrogens is 2. The van der Waals surface area contributed by atoms with Gasteiger partial charge < -0.3 is 4.42 Å². The normalized spacial score (nSPS) is 15.9. The Hall–Kier alpha value is -4.54. The fraction of sp³-hybridized carbons (Fsp3) is 0. The lowest BCUT2D eigenvalue weighted by Crippen LogP contribution is -1.95. The molecule has 0 aliphatic heterocycles. The molecule has 0 bridgehead atoms. The van der Waals surface area contributed by atoms with Gasteiger partial charge in [-0.25, -0.2) is 4.98 Å². The highest BCUT2D eigenvalue weighted by atomic mass is 32.1. The minimum atomic E-state index is 0.865. The van der Waals surface area contributed by atoms with Crippen LogP contribution in [-0.2, 0) is 0 Å². The molecule has 8 rings (SSSR count). The van der Waals surface area contributed by atoms with Gasteiger partial charge in [0.2, 0.25) is 0 Å². The smallest absolute Gasteiger partial charge is 0.142 e. The van der Waals surface area contributed by atoms with Crippen LogP contribution >= 0.6 is 11.3 Å². The molecule has 0 amide bonds. The van der Waals surface area contributed by atoms with Crippen LogP contribution in [0.4, 0.5) is 0 Å². The van der Waals surface area contributed by atoms with Crippen molar-refractivity contribution in [2.75, 3.05) is 0 Å². The average molecular weight is 479 g/mol. The van der Waals surface area contributed by atoms with E-state index in [0.717, 1.165) is 53.5 Å². The number of benzene rings is 4. The molecule has 4 heteroatoms. The van der Waals surface area contributed by atoms with Crippen LogP contribution in [0, 0.1) is 42.2 Å². The number of thiophene rings is 1. The molecule has 4 aromatic carbocycles. The van der Waals surface area contributed by atoms with Crippen molar-refractivity contribution in [1.29, 1.82) is 0 Å². The number of hydrogen-bond donors (Lipinski definition) is 0. The summed E-state index contributed by atoms with van der Waals surface area (Å²) < 4.78 is 8.54. The molecule has 7 aromatic rings. The largest absolute Gasteiger partial charge is 0.464 e. The quantitative estimate of drug-likeness (QED) is 0.244. The summed E-state index contributed by atoms with van der Waals surface area (Å²) in [6.45, 7) is 0. The lowest BCUT2D eigenvalue weighted by molar-refractivity contribution is 0.533.